The van der Waals surface area contributed by atoms with E-state index in [1.54, 1.807) is 0 Å². The van der Waals surface area contributed by atoms with Crippen LogP contribution in [0.15, 0.2) is 91.0 Å². The standard InChI is InChI=1S/C23H25OPS/c24-23(22-14-8-3-9-15-22)25(26,18-16-20-10-4-1-5-11-20)19-17-21-12-6-2-7-13-21/h1-15,23-24H,16-19H2. The van der Waals surface area contributed by atoms with Gasteiger partial charge < -0.3 is 5.11 Å². The molecule has 3 rings (SSSR count). The molecule has 0 aromatic heterocycles. The summed E-state index contributed by atoms with van der Waals surface area (Å²) in [6.45, 7) is 0. The third kappa shape index (κ3) is 5.14. The second-order valence-corrected chi connectivity index (χ2v) is 12.1. The predicted molar refractivity (Wildman–Crippen MR) is 116 cm³/mol. The van der Waals surface area contributed by atoms with Gasteiger partial charge in [0.15, 0.2) is 0 Å². The van der Waals surface area contributed by atoms with Crippen molar-refractivity contribution < 1.29 is 5.11 Å². The van der Waals surface area contributed by atoms with E-state index in [1.807, 2.05) is 42.5 Å². The van der Waals surface area contributed by atoms with E-state index in [9.17, 15) is 5.11 Å². The van der Waals surface area contributed by atoms with Crippen molar-refractivity contribution in [1.82, 2.24) is 0 Å². The average Bonchev–Trinajstić information content (AvgIpc) is 2.72. The second-order valence-electron chi connectivity index (χ2n) is 6.66. The maximum Gasteiger partial charge on any atom is 0.107 e. The summed E-state index contributed by atoms with van der Waals surface area (Å²) in [5.74, 6) is -0.536. The van der Waals surface area contributed by atoms with Gasteiger partial charge in [-0.3, -0.25) is 0 Å². The van der Waals surface area contributed by atoms with Gasteiger partial charge in [0.2, 0.25) is 0 Å². The quantitative estimate of drug-likeness (QED) is 0.510. The maximum atomic E-state index is 11.1. The average molecular weight is 380 g/mol. The number of aliphatic hydroxyl groups is 1. The molecule has 0 radical (unpaired) electrons. The van der Waals surface area contributed by atoms with E-state index in [4.69, 9.17) is 11.8 Å². The molecule has 0 saturated carbocycles. The van der Waals surface area contributed by atoms with Crippen molar-refractivity contribution in [3.63, 3.8) is 0 Å². The van der Waals surface area contributed by atoms with Crippen LogP contribution in [0.4, 0.5) is 0 Å². The fraction of sp³-hybridized carbons (Fsp3) is 0.217. The van der Waals surface area contributed by atoms with Crippen molar-refractivity contribution in [2.24, 2.45) is 0 Å². The molecule has 1 N–H and O–H groups in total. The molecular formula is C23H25OPS. The molecule has 1 nitrogen and oxygen atoms in total. The SMILES string of the molecule is OC(c1ccccc1)P(=S)(CCc1ccccc1)CCc1ccccc1. The summed E-state index contributed by atoms with van der Waals surface area (Å²) < 4.78 is 0. The van der Waals surface area contributed by atoms with E-state index in [1.165, 1.54) is 11.1 Å². The fourth-order valence-corrected chi connectivity index (χ4v) is 6.79. The largest absolute Gasteiger partial charge is 0.383 e. The number of rotatable bonds is 8. The first-order chi connectivity index (χ1) is 12.7. The Morgan fingerprint density at radius 1 is 0.654 bits per heavy atom. The van der Waals surface area contributed by atoms with Crippen molar-refractivity contribution in [3.05, 3.63) is 108 Å². The zero-order valence-corrected chi connectivity index (χ0v) is 16.6. The summed E-state index contributed by atoms with van der Waals surface area (Å²) in [7, 11) is 0. The van der Waals surface area contributed by atoms with Crippen molar-refractivity contribution in [3.8, 4) is 0 Å². The first-order valence-electron chi connectivity index (χ1n) is 9.06. The molecule has 134 valence electrons. The molecule has 3 aromatic carbocycles. The minimum absolute atomic E-state index is 0.536. The van der Waals surface area contributed by atoms with Crippen LogP contribution in [-0.2, 0) is 24.6 Å². The molecule has 0 saturated heterocycles. The molecule has 0 aliphatic carbocycles. The van der Waals surface area contributed by atoms with Gasteiger partial charge in [-0.05, 0) is 47.9 Å². The maximum absolute atomic E-state index is 11.1. The van der Waals surface area contributed by atoms with Gasteiger partial charge in [0, 0.05) is 0 Å². The molecule has 3 aromatic rings. The number of benzene rings is 3. The summed E-state index contributed by atoms with van der Waals surface area (Å²) >= 11 is 6.17. The number of aryl methyl sites for hydroxylation is 2. The molecule has 3 heteroatoms. The summed E-state index contributed by atoms with van der Waals surface area (Å²) in [5, 5.41) is 11.1. The minimum Gasteiger partial charge on any atom is -0.383 e. The Bertz CT molecular complexity index is 786. The number of hydrogen-bond donors (Lipinski definition) is 1. The van der Waals surface area contributed by atoms with Gasteiger partial charge in [-0.25, -0.2) is 0 Å². The first-order valence-corrected chi connectivity index (χ1v) is 12.3. The third-order valence-electron chi connectivity index (χ3n) is 4.79. The van der Waals surface area contributed by atoms with Crippen molar-refractivity contribution in [2.75, 3.05) is 12.3 Å². The van der Waals surface area contributed by atoms with Crippen LogP contribution >= 0.6 is 6.04 Å². The van der Waals surface area contributed by atoms with Gasteiger partial charge in [0.05, 0.1) is 0 Å². The van der Waals surface area contributed by atoms with E-state index in [-0.39, 0.29) is 0 Å². The lowest BCUT2D eigenvalue weighted by molar-refractivity contribution is 0.262. The van der Waals surface area contributed by atoms with Gasteiger partial charge in [-0.1, -0.05) is 103 Å². The van der Waals surface area contributed by atoms with Crippen LogP contribution in [0.25, 0.3) is 0 Å². The zero-order chi connectivity index (χ0) is 18.2. The van der Waals surface area contributed by atoms with Gasteiger partial charge in [-0.2, -0.15) is 0 Å². The normalized spacial score (nSPS) is 12.7. The van der Waals surface area contributed by atoms with Crippen LogP contribution in [0.5, 0.6) is 0 Å². The minimum atomic E-state index is -1.97. The molecule has 0 bridgehead atoms. The highest BCUT2D eigenvalue weighted by molar-refractivity contribution is 8.14. The molecular weight excluding hydrogens is 355 g/mol. The monoisotopic (exact) mass is 380 g/mol. The first kappa shape index (κ1) is 19.0. The molecule has 0 heterocycles. The molecule has 0 aliphatic heterocycles. The van der Waals surface area contributed by atoms with E-state index < -0.39 is 11.9 Å². The highest BCUT2D eigenvalue weighted by atomic mass is 32.4. The Morgan fingerprint density at radius 3 is 1.46 bits per heavy atom. The van der Waals surface area contributed by atoms with E-state index in [2.05, 4.69) is 48.5 Å². The van der Waals surface area contributed by atoms with Crippen LogP contribution in [-0.4, -0.2) is 17.4 Å². The molecule has 0 fully saturated rings. The Labute approximate surface area is 161 Å². The van der Waals surface area contributed by atoms with E-state index >= 15 is 0 Å². The van der Waals surface area contributed by atoms with Gasteiger partial charge in [0.25, 0.3) is 0 Å². The summed E-state index contributed by atoms with van der Waals surface area (Å²) in [6, 6.07) is 28.9. The van der Waals surface area contributed by atoms with E-state index in [0.717, 1.165) is 30.7 Å². The summed E-state index contributed by atoms with van der Waals surface area (Å²) in [4.78, 5) is 0. The van der Waals surface area contributed by atoms with Crippen molar-refractivity contribution in [1.29, 1.82) is 0 Å². The Morgan fingerprint density at radius 2 is 1.04 bits per heavy atom. The highest BCUT2D eigenvalue weighted by Crippen LogP contribution is 2.58. The van der Waals surface area contributed by atoms with Crippen LogP contribution in [0.3, 0.4) is 0 Å². The Kier molecular flexibility index (Phi) is 6.80. The molecule has 1 atom stereocenters. The van der Waals surface area contributed by atoms with Gasteiger partial charge in [-0.15, -0.1) is 0 Å². The Hall–Kier alpha value is -1.73. The lowest BCUT2D eigenvalue weighted by Gasteiger charge is -2.28. The molecule has 1 unspecified atom stereocenters. The zero-order valence-electron chi connectivity index (χ0n) is 14.9. The lowest BCUT2D eigenvalue weighted by atomic mass is 10.2. The van der Waals surface area contributed by atoms with Crippen molar-refractivity contribution >= 4 is 17.8 Å². The smallest absolute Gasteiger partial charge is 0.107 e. The molecule has 26 heavy (non-hydrogen) atoms. The topological polar surface area (TPSA) is 20.2 Å². The lowest BCUT2D eigenvalue weighted by Crippen LogP contribution is -2.09. The summed E-state index contributed by atoms with van der Waals surface area (Å²) in [5.41, 5.74) is 3.54. The van der Waals surface area contributed by atoms with E-state index in [0.29, 0.717) is 0 Å². The van der Waals surface area contributed by atoms with Gasteiger partial charge >= 0.3 is 0 Å². The number of aliphatic hydroxyl groups excluding tert-OH is 1. The molecule has 0 spiro atoms. The predicted octanol–water partition coefficient (Wildman–Crippen LogP) is 5.64. The van der Waals surface area contributed by atoms with Gasteiger partial charge in [0.1, 0.15) is 5.85 Å². The van der Waals surface area contributed by atoms with Crippen LogP contribution in [0.2, 0.25) is 0 Å². The van der Waals surface area contributed by atoms with Crippen molar-refractivity contribution in [2.45, 2.75) is 18.7 Å². The number of hydrogen-bond acceptors (Lipinski definition) is 2. The second kappa shape index (κ2) is 9.28. The highest BCUT2D eigenvalue weighted by Gasteiger charge is 2.27. The fourth-order valence-electron chi connectivity index (χ4n) is 3.18. The Balaban J connectivity index is 1.78. The molecule has 0 amide bonds. The summed E-state index contributed by atoms with van der Waals surface area (Å²) in [6.07, 6.45) is 3.62. The third-order valence-corrected chi connectivity index (χ3v) is 9.63. The van der Waals surface area contributed by atoms with Crippen LogP contribution in [0.1, 0.15) is 22.5 Å². The van der Waals surface area contributed by atoms with Crippen LogP contribution in [0, 0.1) is 0 Å². The van der Waals surface area contributed by atoms with Crippen LogP contribution < -0.4 is 0 Å². The molecule has 0 aliphatic rings.